The normalized spacial score (nSPS) is 11.8. The van der Waals surface area contributed by atoms with Gasteiger partial charge in [0.25, 0.3) is 0 Å². The van der Waals surface area contributed by atoms with Crippen molar-refractivity contribution in [2.45, 2.75) is 33.8 Å². The van der Waals surface area contributed by atoms with Crippen LogP contribution in [0.2, 0.25) is 0 Å². The Kier molecular flexibility index (Phi) is 5.97. The van der Waals surface area contributed by atoms with Gasteiger partial charge in [-0.1, -0.05) is 6.07 Å². The molecule has 0 aliphatic carbocycles. The first-order valence-corrected chi connectivity index (χ1v) is 6.99. The maximum Gasteiger partial charge on any atom is 0.333 e. The molecule has 6 nitrogen and oxygen atoms in total. The van der Waals surface area contributed by atoms with Gasteiger partial charge in [0, 0.05) is 13.1 Å². The van der Waals surface area contributed by atoms with Gasteiger partial charge in [-0.05, 0) is 39.8 Å². The molecule has 1 aromatic rings. The molecule has 0 aliphatic rings. The number of nitro groups is 1. The van der Waals surface area contributed by atoms with Gasteiger partial charge in [-0.3, -0.25) is 10.1 Å². The van der Waals surface area contributed by atoms with Crippen LogP contribution in [0.4, 0.5) is 11.4 Å². The molecular weight excluding hydrogens is 270 g/mol. The van der Waals surface area contributed by atoms with Crippen LogP contribution in [0.25, 0.3) is 0 Å². The van der Waals surface area contributed by atoms with Crippen molar-refractivity contribution >= 4 is 11.4 Å². The number of nitro benzene ring substituents is 1. The third-order valence-electron chi connectivity index (χ3n) is 2.96. The summed E-state index contributed by atoms with van der Waals surface area (Å²) in [6, 6.07) is 7.18. The largest absolute Gasteiger partial charge is 0.484 e. The van der Waals surface area contributed by atoms with Crippen molar-refractivity contribution in [3.05, 3.63) is 28.3 Å². The summed E-state index contributed by atoms with van der Waals surface area (Å²) in [5.74, 6) is 0.0507. The first-order chi connectivity index (χ1) is 9.90. The van der Waals surface area contributed by atoms with Gasteiger partial charge in [0.2, 0.25) is 0 Å². The molecule has 0 aromatic heterocycles. The average molecular weight is 291 g/mol. The van der Waals surface area contributed by atoms with E-state index in [-0.39, 0.29) is 23.5 Å². The fourth-order valence-corrected chi connectivity index (χ4v) is 2.07. The summed E-state index contributed by atoms with van der Waals surface area (Å²) >= 11 is 0. The lowest BCUT2D eigenvalue weighted by molar-refractivity contribution is -0.385. The summed E-state index contributed by atoms with van der Waals surface area (Å²) in [4.78, 5) is 12.8. The van der Waals surface area contributed by atoms with E-state index < -0.39 is 4.92 Å². The highest BCUT2D eigenvalue weighted by Gasteiger charge is 2.25. The number of benzene rings is 1. The van der Waals surface area contributed by atoms with Gasteiger partial charge in [0.05, 0.1) is 23.0 Å². The smallest absolute Gasteiger partial charge is 0.333 e. The van der Waals surface area contributed by atoms with Crippen LogP contribution >= 0.6 is 0 Å². The van der Waals surface area contributed by atoms with Gasteiger partial charge in [-0.25, -0.2) is 0 Å². The van der Waals surface area contributed by atoms with E-state index in [9.17, 15) is 10.1 Å². The molecule has 6 heteroatoms. The maximum absolute atomic E-state index is 11.4. The average Bonchev–Trinajstić information content (AvgIpc) is 2.43. The van der Waals surface area contributed by atoms with Gasteiger partial charge in [-0.15, -0.1) is 0 Å². The zero-order valence-corrected chi connectivity index (χ0v) is 12.9. The zero-order valence-electron chi connectivity index (χ0n) is 12.9. The van der Waals surface area contributed by atoms with Gasteiger partial charge < -0.3 is 9.64 Å². The Balaban J connectivity index is 3.27. The molecule has 0 saturated heterocycles. The van der Waals surface area contributed by atoms with Gasteiger partial charge >= 0.3 is 5.69 Å². The molecule has 0 heterocycles. The van der Waals surface area contributed by atoms with Crippen molar-refractivity contribution in [1.82, 2.24) is 0 Å². The summed E-state index contributed by atoms with van der Waals surface area (Å²) in [7, 11) is 0. The van der Waals surface area contributed by atoms with Crippen molar-refractivity contribution < 1.29 is 9.66 Å². The predicted octanol–water partition coefficient (Wildman–Crippen LogP) is 3.37. The number of ether oxygens (including phenoxy) is 1. The topological polar surface area (TPSA) is 79.4 Å². The summed E-state index contributed by atoms with van der Waals surface area (Å²) in [6.07, 6.45) is -0.146. The van der Waals surface area contributed by atoms with Crippen LogP contribution < -0.4 is 9.64 Å². The second kappa shape index (κ2) is 7.48. The van der Waals surface area contributed by atoms with E-state index in [1.165, 1.54) is 0 Å². The second-order valence-electron chi connectivity index (χ2n) is 5.12. The fraction of sp³-hybridized carbons (Fsp3) is 0.533. The van der Waals surface area contributed by atoms with Crippen LogP contribution in [0, 0.1) is 27.4 Å². The lowest BCUT2D eigenvalue weighted by Crippen LogP contribution is -2.28. The van der Waals surface area contributed by atoms with Crippen LogP contribution in [0.1, 0.15) is 27.7 Å². The zero-order chi connectivity index (χ0) is 16.0. The number of hydrogen-bond acceptors (Lipinski definition) is 5. The molecule has 0 saturated carbocycles. The molecule has 0 amide bonds. The Morgan fingerprint density at radius 3 is 2.57 bits per heavy atom. The summed E-state index contributed by atoms with van der Waals surface area (Å²) in [5.41, 5.74) is 0.445. The first-order valence-electron chi connectivity index (χ1n) is 6.99. The Labute approximate surface area is 125 Å². The highest BCUT2D eigenvalue weighted by atomic mass is 16.6. The number of rotatable bonds is 7. The highest BCUT2D eigenvalue weighted by Crippen LogP contribution is 2.37. The number of nitrogens with zero attached hydrogens (tertiary/aromatic N) is 3. The van der Waals surface area contributed by atoms with Gasteiger partial charge in [-0.2, -0.15) is 5.26 Å². The number of hydrogen-bond donors (Lipinski definition) is 0. The molecule has 0 bridgehead atoms. The van der Waals surface area contributed by atoms with Gasteiger partial charge in [0.15, 0.2) is 5.75 Å². The van der Waals surface area contributed by atoms with E-state index in [0.29, 0.717) is 18.8 Å². The Hall–Kier alpha value is -2.29. The minimum absolute atomic E-state index is 0.0433. The van der Waals surface area contributed by atoms with Crippen LogP contribution in [0.5, 0.6) is 5.75 Å². The Morgan fingerprint density at radius 2 is 2.10 bits per heavy atom. The highest BCUT2D eigenvalue weighted by molar-refractivity contribution is 5.69. The fourth-order valence-electron chi connectivity index (χ4n) is 2.07. The van der Waals surface area contributed by atoms with Crippen molar-refractivity contribution in [3.63, 3.8) is 0 Å². The number of nitriles is 1. The molecular formula is C15H21N3O3. The summed E-state index contributed by atoms with van der Waals surface area (Å²) in [6.45, 7) is 8.38. The predicted molar refractivity (Wildman–Crippen MR) is 81.5 cm³/mol. The van der Waals surface area contributed by atoms with E-state index in [2.05, 4.69) is 6.07 Å². The molecule has 21 heavy (non-hydrogen) atoms. The molecule has 1 atom stereocenters. The van der Waals surface area contributed by atoms with Crippen molar-refractivity contribution in [1.29, 1.82) is 5.26 Å². The number of para-hydroxylation sites is 1. The molecule has 0 radical (unpaired) electrons. The lowest BCUT2D eigenvalue weighted by atomic mass is 10.1. The van der Waals surface area contributed by atoms with Crippen LogP contribution in [0.15, 0.2) is 18.2 Å². The van der Waals surface area contributed by atoms with E-state index in [0.717, 1.165) is 0 Å². The van der Waals surface area contributed by atoms with E-state index in [1.807, 2.05) is 25.7 Å². The molecule has 1 rings (SSSR count). The third-order valence-corrected chi connectivity index (χ3v) is 2.96. The SMILES string of the molecule is CCN(CC(C)C#N)c1cccc(OC(C)C)c1[N+](=O)[O-]. The minimum atomic E-state index is -0.424. The standard InChI is InChI=1S/C15H21N3O3/c1-5-17(10-12(4)9-16)13-7-6-8-14(21-11(2)3)15(13)18(19)20/h6-8,11-12H,5,10H2,1-4H3. The van der Waals surface area contributed by atoms with E-state index in [1.54, 1.807) is 25.1 Å². The van der Waals surface area contributed by atoms with Crippen LogP contribution in [-0.2, 0) is 0 Å². The molecule has 0 aliphatic heterocycles. The van der Waals surface area contributed by atoms with Crippen LogP contribution in [-0.4, -0.2) is 24.1 Å². The van der Waals surface area contributed by atoms with E-state index >= 15 is 0 Å². The second-order valence-corrected chi connectivity index (χ2v) is 5.12. The lowest BCUT2D eigenvalue weighted by Gasteiger charge is -2.24. The quantitative estimate of drug-likeness (QED) is 0.568. The third kappa shape index (κ3) is 4.35. The Bertz CT molecular complexity index is 537. The molecule has 0 fully saturated rings. The molecule has 1 unspecified atom stereocenters. The van der Waals surface area contributed by atoms with Gasteiger partial charge in [0.1, 0.15) is 5.69 Å². The minimum Gasteiger partial charge on any atom is -0.484 e. The Morgan fingerprint density at radius 1 is 1.43 bits per heavy atom. The van der Waals surface area contributed by atoms with Crippen molar-refractivity contribution in [3.8, 4) is 11.8 Å². The van der Waals surface area contributed by atoms with Crippen molar-refractivity contribution in [2.75, 3.05) is 18.0 Å². The maximum atomic E-state index is 11.4. The van der Waals surface area contributed by atoms with E-state index in [4.69, 9.17) is 10.00 Å². The molecule has 0 N–H and O–H groups in total. The number of anilines is 1. The monoisotopic (exact) mass is 291 g/mol. The molecule has 114 valence electrons. The molecule has 0 spiro atoms. The van der Waals surface area contributed by atoms with Crippen LogP contribution in [0.3, 0.4) is 0 Å². The first kappa shape index (κ1) is 16.8. The molecule has 1 aromatic carbocycles. The summed E-state index contributed by atoms with van der Waals surface area (Å²) < 4.78 is 5.54. The summed E-state index contributed by atoms with van der Waals surface area (Å²) in [5, 5.41) is 20.4. The van der Waals surface area contributed by atoms with Crippen molar-refractivity contribution in [2.24, 2.45) is 5.92 Å².